The van der Waals surface area contributed by atoms with Crippen LogP contribution in [0.1, 0.15) is 0 Å². The van der Waals surface area contributed by atoms with Crippen LogP contribution < -0.4 is 0 Å². The van der Waals surface area contributed by atoms with Gasteiger partial charge in [-0.15, -0.1) is 11.3 Å². The average molecular weight is 698 g/mol. The highest BCUT2D eigenvalue weighted by Gasteiger charge is 2.22. The molecule has 0 aliphatic heterocycles. The highest BCUT2D eigenvalue weighted by molar-refractivity contribution is 7.21. The molecule has 0 aliphatic rings. The molecule has 7 heteroatoms. The SMILES string of the molecule is c1ccc(-c2nc(-c3cccc4c3oc3c(-c5nc6ccccc6s5)cccc34)nc(-n3c4ccccc4c4c(-c5ccccc5)cccc43)n2)cc1. The number of hydrogen-bond donors (Lipinski definition) is 0. The van der Waals surface area contributed by atoms with Gasteiger partial charge in [-0.3, -0.25) is 4.57 Å². The van der Waals surface area contributed by atoms with E-state index in [0.29, 0.717) is 17.6 Å². The third-order valence-corrected chi connectivity index (χ3v) is 11.0. The molecule has 0 saturated carbocycles. The number of nitrogens with zero attached hydrogens (tertiary/aromatic N) is 5. The summed E-state index contributed by atoms with van der Waals surface area (Å²) in [5, 5.41) is 5.22. The van der Waals surface area contributed by atoms with Gasteiger partial charge >= 0.3 is 0 Å². The Morgan fingerprint density at radius 2 is 1.04 bits per heavy atom. The van der Waals surface area contributed by atoms with Crippen molar-refractivity contribution in [2.45, 2.75) is 0 Å². The fraction of sp³-hybridized carbons (Fsp3) is 0. The summed E-state index contributed by atoms with van der Waals surface area (Å²) in [5.74, 6) is 1.65. The predicted molar refractivity (Wildman–Crippen MR) is 216 cm³/mol. The second kappa shape index (κ2) is 11.8. The summed E-state index contributed by atoms with van der Waals surface area (Å²) in [4.78, 5) is 20.5. The summed E-state index contributed by atoms with van der Waals surface area (Å²) in [6, 6.07) is 56.2. The van der Waals surface area contributed by atoms with Gasteiger partial charge < -0.3 is 4.42 Å². The number of fused-ring (bicyclic) bond motifs is 7. The minimum atomic E-state index is 0.533. The van der Waals surface area contributed by atoms with E-state index >= 15 is 0 Å². The molecular weight excluding hydrogens is 671 g/mol. The normalized spacial score (nSPS) is 11.8. The molecule has 4 heterocycles. The number of hydrogen-bond acceptors (Lipinski definition) is 6. The smallest absolute Gasteiger partial charge is 0.238 e. The van der Waals surface area contributed by atoms with Crippen molar-refractivity contribution in [3.8, 4) is 50.4 Å². The van der Waals surface area contributed by atoms with Crippen LogP contribution >= 0.6 is 11.3 Å². The van der Waals surface area contributed by atoms with Crippen LogP contribution in [0.25, 0.3) is 104 Å². The van der Waals surface area contributed by atoms with Crippen molar-refractivity contribution in [1.29, 1.82) is 0 Å². The second-order valence-electron chi connectivity index (χ2n) is 13.0. The predicted octanol–water partition coefficient (Wildman–Crippen LogP) is 12.1. The maximum Gasteiger partial charge on any atom is 0.238 e. The highest BCUT2D eigenvalue weighted by Crippen LogP contribution is 2.42. The number of aromatic nitrogens is 5. The van der Waals surface area contributed by atoms with E-state index in [4.69, 9.17) is 24.4 Å². The monoisotopic (exact) mass is 697 g/mol. The van der Waals surface area contributed by atoms with Gasteiger partial charge in [-0.05, 0) is 47.5 Å². The fourth-order valence-corrected chi connectivity index (χ4v) is 8.53. The Labute approximate surface area is 307 Å². The minimum absolute atomic E-state index is 0.533. The van der Waals surface area contributed by atoms with Crippen LogP contribution in [0.3, 0.4) is 0 Å². The number of rotatable bonds is 5. The lowest BCUT2D eigenvalue weighted by atomic mass is 9.99. The van der Waals surface area contributed by atoms with Gasteiger partial charge in [-0.25, -0.2) is 9.97 Å². The third kappa shape index (κ3) is 4.71. The van der Waals surface area contributed by atoms with Crippen LogP contribution in [0.15, 0.2) is 168 Å². The standard InChI is InChI=1S/C46H27N5OS/c1-3-14-28(15-4-1)30-19-13-26-38-40(30)33-18-7-9-25-37(33)51(38)46-49-43(29-16-5-2-6-17-29)48-44(50-46)34-22-11-20-31-32-21-12-23-35(42(32)52-41(31)34)45-47-36-24-8-10-27-39(36)53-45/h1-27H. The Bertz CT molecular complexity index is 3150. The van der Waals surface area contributed by atoms with Crippen LogP contribution in [0.5, 0.6) is 0 Å². The van der Waals surface area contributed by atoms with E-state index < -0.39 is 0 Å². The van der Waals surface area contributed by atoms with E-state index in [1.54, 1.807) is 11.3 Å². The summed E-state index contributed by atoms with van der Waals surface area (Å²) in [5.41, 5.74) is 9.51. The number of benzene rings is 7. The molecular formula is C46H27N5OS. The molecule has 0 amide bonds. The van der Waals surface area contributed by atoms with Gasteiger partial charge in [0.2, 0.25) is 5.95 Å². The van der Waals surface area contributed by atoms with E-state index in [9.17, 15) is 0 Å². The Hall–Kier alpha value is -6.96. The molecule has 0 unspecified atom stereocenters. The molecule has 248 valence electrons. The van der Waals surface area contributed by atoms with E-state index in [0.717, 1.165) is 86.8 Å². The molecule has 6 nitrogen and oxygen atoms in total. The maximum atomic E-state index is 6.86. The van der Waals surface area contributed by atoms with Gasteiger partial charge in [-0.1, -0.05) is 127 Å². The van der Waals surface area contributed by atoms with E-state index in [2.05, 4.69) is 120 Å². The van der Waals surface area contributed by atoms with Crippen molar-refractivity contribution in [1.82, 2.24) is 24.5 Å². The fourth-order valence-electron chi connectivity index (χ4n) is 7.55. The molecule has 0 radical (unpaired) electrons. The van der Waals surface area contributed by atoms with Gasteiger partial charge in [0.25, 0.3) is 0 Å². The van der Waals surface area contributed by atoms with E-state index in [1.807, 2.05) is 48.5 Å². The van der Waals surface area contributed by atoms with Crippen LogP contribution in [0.2, 0.25) is 0 Å². The largest absolute Gasteiger partial charge is 0.455 e. The molecule has 0 saturated heterocycles. The lowest BCUT2D eigenvalue weighted by molar-refractivity contribution is 0.670. The first-order chi connectivity index (χ1) is 26.3. The Morgan fingerprint density at radius 1 is 0.434 bits per heavy atom. The average Bonchev–Trinajstić information content (AvgIpc) is 3.93. The van der Waals surface area contributed by atoms with Gasteiger partial charge in [0, 0.05) is 27.1 Å². The van der Waals surface area contributed by atoms with Crippen molar-refractivity contribution in [2.24, 2.45) is 0 Å². The molecule has 0 aliphatic carbocycles. The quantitative estimate of drug-likeness (QED) is 0.179. The zero-order chi connectivity index (χ0) is 34.9. The molecule has 0 spiro atoms. The number of furan rings is 1. The van der Waals surface area contributed by atoms with Crippen molar-refractivity contribution in [3.63, 3.8) is 0 Å². The highest BCUT2D eigenvalue weighted by atomic mass is 32.1. The Morgan fingerprint density at radius 3 is 1.85 bits per heavy atom. The molecule has 0 fully saturated rings. The van der Waals surface area contributed by atoms with Gasteiger partial charge in [0.15, 0.2) is 11.6 Å². The summed E-state index contributed by atoms with van der Waals surface area (Å²) >= 11 is 1.67. The minimum Gasteiger partial charge on any atom is -0.455 e. The lowest BCUT2D eigenvalue weighted by Crippen LogP contribution is -2.06. The van der Waals surface area contributed by atoms with Gasteiger partial charge in [-0.2, -0.15) is 9.97 Å². The lowest BCUT2D eigenvalue weighted by Gasteiger charge is -2.11. The molecule has 11 aromatic rings. The molecule has 53 heavy (non-hydrogen) atoms. The van der Waals surface area contributed by atoms with Gasteiger partial charge in [0.1, 0.15) is 16.2 Å². The summed E-state index contributed by atoms with van der Waals surface area (Å²) in [6.07, 6.45) is 0. The summed E-state index contributed by atoms with van der Waals surface area (Å²) in [7, 11) is 0. The molecule has 11 rings (SSSR count). The summed E-state index contributed by atoms with van der Waals surface area (Å²) in [6.45, 7) is 0. The first kappa shape index (κ1) is 29.7. The topological polar surface area (TPSA) is 69.6 Å². The zero-order valence-corrected chi connectivity index (χ0v) is 29.0. The van der Waals surface area contributed by atoms with Crippen LogP contribution in [0, 0.1) is 0 Å². The van der Waals surface area contributed by atoms with Crippen molar-refractivity contribution >= 4 is 65.3 Å². The third-order valence-electron chi connectivity index (χ3n) is 9.93. The second-order valence-corrected chi connectivity index (χ2v) is 14.1. The Kier molecular flexibility index (Phi) is 6.62. The molecule has 0 N–H and O–H groups in total. The van der Waals surface area contributed by atoms with Crippen LogP contribution in [-0.4, -0.2) is 24.5 Å². The van der Waals surface area contributed by atoms with Crippen molar-refractivity contribution in [2.75, 3.05) is 0 Å². The van der Waals surface area contributed by atoms with Crippen LogP contribution in [0.4, 0.5) is 0 Å². The van der Waals surface area contributed by atoms with Crippen molar-refractivity contribution < 1.29 is 4.42 Å². The van der Waals surface area contributed by atoms with Crippen molar-refractivity contribution in [3.05, 3.63) is 164 Å². The van der Waals surface area contributed by atoms with E-state index in [1.165, 1.54) is 0 Å². The van der Waals surface area contributed by atoms with Gasteiger partial charge in [0.05, 0.1) is 32.4 Å². The van der Waals surface area contributed by atoms with E-state index in [-0.39, 0.29) is 0 Å². The zero-order valence-electron chi connectivity index (χ0n) is 28.1. The number of para-hydroxylation sites is 4. The molecule has 0 atom stereocenters. The molecule has 7 aromatic carbocycles. The first-order valence-corrected chi connectivity index (χ1v) is 18.3. The van der Waals surface area contributed by atoms with Crippen LogP contribution in [-0.2, 0) is 0 Å². The summed E-state index contributed by atoms with van der Waals surface area (Å²) < 4.78 is 10.2. The number of thiazole rings is 1. The maximum absolute atomic E-state index is 6.86. The molecule has 0 bridgehead atoms. The Balaban J connectivity index is 1.17. The first-order valence-electron chi connectivity index (χ1n) is 17.5. The molecule has 4 aromatic heterocycles.